The van der Waals surface area contributed by atoms with E-state index in [1.807, 2.05) is 29.2 Å². The molecule has 1 fully saturated rings. The Morgan fingerprint density at radius 1 is 1.11 bits per heavy atom. The van der Waals surface area contributed by atoms with Crippen LogP contribution in [-0.2, 0) is 6.54 Å². The molecule has 4 aromatic rings. The molecule has 5 rings (SSSR count). The summed E-state index contributed by atoms with van der Waals surface area (Å²) in [7, 11) is 1.64. The van der Waals surface area contributed by atoms with E-state index in [-0.39, 0.29) is 17.0 Å². The van der Waals surface area contributed by atoms with Crippen molar-refractivity contribution in [2.75, 3.05) is 7.11 Å². The zero-order chi connectivity index (χ0) is 25.2. The van der Waals surface area contributed by atoms with Crippen molar-refractivity contribution < 1.29 is 13.9 Å². The molecule has 0 unspecified atom stereocenters. The van der Waals surface area contributed by atoms with Crippen LogP contribution in [0.15, 0.2) is 60.9 Å². The van der Waals surface area contributed by atoms with Gasteiger partial charge in [0.05, 0.1) is 12.1 Å². The van der Waals surface area contributed by atoms with Crippen LogP contribution in [0.2, 0.25) is 5.02 Å². The van der Waals surface area contributed by atoms with E-state index in [4.69, 9.17) is 16.3 Å². The molecule has 186 valence electrons. The molecule has 0 radical (unpaired) electrons. The molecule has 7 heteroatoms. The number of aromatic nitrogens is 1. The Labute approximate surface area is 219 Å². The van der Waals surface area contributed by atoms with Gasteiger partial charge < -0.3 is 9.64 Å². The highest BCUT2D eigenvalue weighted by atomic mass is 35.5. The van der Waals surface area contributed by atoms with Crippen LogP contribution in [0, 0.1) is 11.7 Å². The number of carbonyl (C=O) groups is 1. The van der Waals surface area contributed by atoms with Crippen molar-refractivity contribution in [2.24, 2.45) is 5.92 Å². The van der Waals surface area contributed by atoms with Gasteiger partial charge in [0.1, 0.15) is 16.4 Å². The number of amides is 1. The van der Waals surface area contributed by atoms with Crippen LogP contribution < -0.4 is 4.74 Å². The van der Waals surface area contributed by atoms with Crippen molar-refractivity contribution >= 4 is 38.9 Å². The highest BCUT2D eigenvalue weighted by molar-refractivity contribution is 7.21. The smallest absolute Gasteiger partial charge is 0.266 e. The highest BCUT2D eigenvalue weighted by Gasteiger charge is 2.32. The Kier molecular flexibility index (Phi) is 7.26. The Bertz CT molecular complexity index is 1380. The van der Waals surface area contributed by atoms with Gasteiger partial charge in [-0.3, -0.25) is 9.78 Å². The Morgan fingerprint density at radius 2 is 1.86 bits per heavy atom. The fourth-order valence-corrected chi connectivity index (χ4v) is 6.58. The number of hydrogen-bond donors (Lipinski definition) is 0. The molecule has 0 N–H and O–H groups in total. The minimum atomic E-state index is -0.405. The van der Waals surface area contributed by atoms with Gasteiger partial charge >= 0.3 is 0 Å². The summed E-state index contributed by atoms with van der Waals surface area (Å²) in [4.78, 5) is 20.5. The summed E-state index contributed by atoms with van der Waals surface area (Å²) in [6, 6.07) is 14.9. The van der Waals surface area contributed by atoms with Gasteiger partial charge in [-0.2, -0.15) is 0 Å². The normalized spacial score (nSPS) is 17.8. The summed E-state index contributed by atoms with van der Waals surface area (Å²) < 4.78 is 20.9. The van der Waals surface area contributed by atoms with E-state index >= 15 is 0 Å². The first-order valence-corrected chi connectivity index (χ1v) is 13.4. The summed E-state index contributed by atoms with van der Waals surface area (Å²) >= 11 is 7.88. The number of thiophene rings is 1. The van der Waals surface area contributed by atoms with Crippen LogP contribution in [0.5, 0.6) is 5.75 Å². The molecule has 2 aromatic carbocycles. The van der Waals surface area contributed by atoms with E-state index in [2.05, 4.69) is 18.0 Å². The van der Waals surface area contributed by atoms with Gasteiger partial charge in [0.25, 0.3) is 5.91 Å². The standard InChI is InChI=1S/C29H28ClFN2O2S/c1-18-6-9-22(10-7-18)33(29(34)28-27(30)26-23(31)4-3-5-25(26)36-28)17-21-16-20(8-11-24(21)35-2)19-12-14-32-15-13-19/h3-5,8,11-16,18,22H,6-7,9-10,17H2,1-2H3. The number of pyridine rings is 1. The quantitative estimate of drug-likeness (QED) is 0.258. The third kappa shape index (κ3) is 4.84. The molecule has 2 aromatic heterocycles. The first kappa shape index (κ1) is 24.7. The van der Waals surface area contributed by atoms with Crippen molar-refractivity contribution in [1.82, 2.24) is 9.88 Å². The van der Waals surface area contributed by atoms with E-state index in [9.17, 15) is 9.18 Å². The first-order chi connectivity index (χ1) is 17.5. The number of nitrogens with zero attached hydrogens (tertiary/aromatic N) is 2. The molecule has 0 saturated heterocycles. The third-order valence-electron chi connectivity index (χ3n) is 7.12. The molecule has 0 atom stereocenters. The van der Waals surface area contributed by atoms with Crippen molar-refractivity contribution in [3.05, 3.63) is 82.2 Å². The number of benzene rings is 2. The molecular weight excluding hydrogens is 495 g/mol. The highest BCUT2D eigenvalue weighted by Crippen LogP contribution is 2.39. The van der Waals surface area contributed by atoms with Crippen LogP contribution in [0.4, 0.5) is 4.39 Å². The molecule has 0 bridgehead atoms. The van der Waals surface area contributed by atoms with Gasteiger partial charge in [-0.1, -0.05) is 30.7 Å². The molecule has 1 amide bonds. The molecule has 0 spiro atoms. The van der Waals surface area contributed by atoms with Crippen molar-refractivity contribution in [3.8, 4) is 16.9 Å². The summed E-state index contributed by atoms with van der Waals surface area (Å²) in [5.41, 5.74) is 2.99. The second-order valence-electron chi connectivity index (χ2n) is 9.47. The fraction of sp³-hybridized carbons (Fsp3) is 0.310. The largest absolute Gasteiger partial charge is 0.496 e. The number of carbonyl (C=O) groups excluding carboxylic acids is 1. The van der Waals surface area contributed by atoms with Crippen LogP contribution in [-0.4, -0.2) is 28.9 Å². The van der Waals surface area contributed by atoms with E-state index in [0.717, 1.165) is 48.1 Å². The topological polar surface area (TPSA) is 42.4 Å². The lowest BCUT2D eigenvalue weighted by Crippen LogP contribution is -2.41. The average molecular weight is 523 g/mol. The zero-order valence-electron chi connectivity index (χ0n) is 20.3. The summed E-state index contributed by atoms with van der Waals surface area (Å²) in [5.74, 6) is 0.808. The van der Waals surface area contributed by atoms with Crippen LogP contribution >= 0.6 is 22.9 Å². The lowest BCUT2D eigenvalue weighted by molar-refractivity contribution is 0.0597. The van der Waals surface area contributed by atoms with Crippen molar-refractivity contribution in [3.63, 3.8) is 0 Å². The van der Waals surface area contributed by atoms with Crippen LogP contribution in [0.3, 0.4) is 0 Å². The molecular formula is C29H28ClFN2O2S. The number of ether oxygens (including phenoxy) is 1. The van der Waals surface area contributed by atoms with Gasteiger partial charge in [-0.15, -0.1) is 11.3 Å². The molecule has 2 heterocycles. The Hall–Kier alpha value is -2.96. The molecule has 0 aliphatic heterocycles. The molecule has 1 aliphatic rings. The third-order valence-corrected chi connectivity index (χ3v) is 8.76. The molecule has 36 heavy (non-hydrogen) atoms. The second-order valence-corrected chi connectivity index (χ2v) is 10.9. The number of rotatable bonds is 6. The lowest BCUT2D eigenvalue weighted by atomic mass is 9.86. The summed E-state index contributed by atoms with van der Waals surface area (Å²) in [5, 5.41) is 0.520. The fourth-order valence-electron chi connectivity index (χ4n) is 5.07. The van der Waals surface area contributed by atoms with Gasteiger partial charge in [0.2, 0.25) is 0 Å². The SMILES string of the molecule is COc1ccc(-c2ccncc2)cc1CN(C(=O)c1sc2cccc(F)c2c1Cl)C1CCC(C)CC1. The number of hydrogen-bond acceptors (Lipinski definition) is 4. The van der Waals surface area contributed by atoms with Crippen LogP contribution in [0.25, 0.3) is 21.2 Å². The van der Waals surface area contributed by atoms with Gasteiger partial charge in [0.15, 0.2) is 0 Å². The van der Waals surface area contributed by atoms with Gasteiger partial charge in [-0.05, 0) is 79.1 Å². The number of methoxy groups -OCH3 is 1. The minimum absolute atomic E-state index is 0.0779. The van der Waals surface area contributed by atoms with Gasteiger partial charge in [-0.25, -0.2) is 4.39 Å². The Balaban J connectivity index is 1.55. The van der Waals surface area contributed by atoms with Crippen LogP contribution in [0.1, 0.15) is 47.8 Å². The van der Waals surface area contributed by atoms with E-state index < -0.39 is 5.82 Å². The van der Waals surface area contributed by atoms with Crippen molar-refractivity contribution in [1.29, 1.82) is 0 Å². The predicted molar refractivity (Wildman–Crippen MR) is 144 cm³/mol. The maximum atomic E-state index is 14.6. The Morgan fingerprint density at radius 3 is 2.56 bits per heavy atom. The average Bonchev–Trinajstić information content (AvgIpc) is 3.25. The van der Waals surface area contributed by atoms with E-state index in [0.29, 0.717) is 27.4 Å². The first-order valence-electron chi connectivity index (χ1n) is 12.2. The number of fused-ring (bicyclic) bond motifs is 1. The predicted octanol–water partition coefficient (Wildman–Crippen LogP) is 7.99. The van der Waals surface area contributed by atoms with E-state index in [1.165, 1.54) is 17.4 Å². The van der Waals surface area contributed by atoms with Gasteiger partial charge in [0, 0.05) is 40.6 Å². The molecule has 1 aliphatic carbocycles. The summed E-state index contributed by atoms with van der Waals surface area (Å²) in [6.07, 6.45) is 7.52. The second kappa shape index (κ2) is 10.6. The minimum Gasteiger partial charge on any atom is -0.496 e. The lowest BCUT2D eigenvalue weighted by Gasteiger charge is -2.36. The number of halogens is 2. The molecule has 4 nitrogen and oxygen atoms in total. The monoisotopic (exact) mass is 522 g/mol. The zero-order valence-corrected chi connectivity index (χ0v) is 21.9. The van der Waals surface area contributed by atoms with Crippen molar-refractivity contribution in [2.45, 2.75) is 45.2 Å². The summed E-state index contributed by atoms with van der Waals surface area (Å²) in [6.45, 7) is 2.64. The maximum Gasteiger partial charge on any atom is 0.266 e. The maximum absolute atomic E-state index is 14.6. The van der Waals surface area contributed by atoms with E-state index in [1.54, 1.807) is 31.6 Å². The molecule has 1 saturated carbocycles.